The van der Waals surface area contributed by atoms with Gasteiger partial charge in [0.1, 0.15) is 12.4 Å². The smallest absolute Gasteiger partial charge is 0.224 e. The van der Waals surface area contributed by atoms with Crippen molar-refractivity contribution in [3.63, 3.8) is 0 Å². The lowest BCUT2D eigenvalue weighted by atomic mass is 10.1. The van der Waals surface area contributed by atoms with E-state index < -0.39 is 0 Å². The van der Waals surface area contributed by atoms with Gasteiger partial charge in [-0.25, -0.2) is 4.99 Å². The summed E-state index contributed by atoms with van der Waals surface area (Å²) in [6.07, 6.45) is 5.09. The number of hydrogen-bond acceptors (Lipinski definition) is 4. The molecule has 0 aliphatic carbocycles. The predicted molar refractivity (Wildman–Crippen MR) is 134 cm³/mol. The van der Waals surface area contributed by atoms with E-state index in [9.17, 15) is 4.79 Å². The van der Waals surface area contributed by atoms with Crippen LogP contribution < -0.4 is 15.4 Å². The van der Waals surface area contributed by atoms with Crippen LogP contribution in [0.1, 0.15) is 50.2 Å². The molecule has 31 heavy (non-hydrogen) atoms. The molecule has 2 heterocycles. The van der Waals surface area contributed by atoms with Gasteiger partial charge in [0.05, 0.1) is 12.6 Å². The molecule has 2 aliphatic rings. The Bertz CT molecular complexity index is 717. The predicted octanol–water partition coefficient (Wildman–Crippen LogP) is 3.24. The number of likely N-dealkylation sites (tertiary alicyclic amines) is 1. The summed E-state index contributed by atoms with van der Waals surface area (Å²) >= 11 is 0. The highest BCUT2D eigenvalue weighted by molar-refractivity contribution is 14.0. The molecule has 0 spiro atoms. The number of nitrogens with zero attached hydrogens (tertiary/aromatic N) is 2. The molecule has 1 atom stereocenters. The van der Waals surface area contributed by atoms with Gasteiger partial charge in [-0.05, 0) is 51.2 Å². The molecule has 0 radical (unpaired) electrons. The highest BCUT2D eigenvalue weighted by atomic mass is 127. The number of carbonyl (C=O) groups is 1. The summed E-state index contributed by atoms with van der Waals surface area (Å²) in [5.74, 6) is 1.81. The summed E-state index contributed by atoms with van der Waals surface area (Å²) in [4.78, 5) is 18.9. The van der Waals surface area contributed by atoms with Crippen molar-refractivity contribution < 1.29 is 14.3 Å². The van der Waals surface area contributed by atoms with Crippen molar-refractivity contribution in [3.8, 4) is 5.75 Å². The summed E-state index contributed by atoms with van der Waals surface area (Å²) in [6.45, 7) is 9.16. The molecule has 174 valence electrons. The molecule has 0 saturated carbocycles. The Kier molecular flexibility index (Phi) is 11.4. The van der Waals surface area contributed by atoms with Crippen LogP contribution in [0.3, 0.4) is 0 Å². The topological polar surface area (TPSA) is 75.2 Å². The van der Waals surface area contributed by atoms with Gasteiger partial charge in [-0.2, -0.15) is 0 Å². The number of hydrogen-bond donors (Lipinski definition) is 2. The Morgan fingerprint density at radius 3 is 2.77 bits per heavy atom. The van der Waals surface area contributed by atoms with Gasteiger partial charge in [0.25, 0.3) is 0 Å². The summed E-state index contributed by atoms with van der Waals surface area (Å²) in [5, 5.41) is 6.54. The van der Waals surface area contributed by atoms with E-state index in [2.05, 4.69) is 35.8 Å². The first-order valence-electron chi connectivity index (χ1n) is 11.3. The molecule has 3 rings (SSSR count). The Morgan fingerprint density at radius 2 is 2.06 bits per heavy atom. The van der Waals surface area contributed by atoms with Gasteiger partial charge in [0, 0.05) is 44.8 Å². The fraction of sp³-hybridized carbons (Fsp3) is 0.652. The summed E-state index contributed by atoms with van der Waals surface area (Å²) < 4.78 is 11.8. The number of aryl methyl sites for hydroxylation is 1. The number of amides is 1. The van der Waals surface area contributed by atoms with Crippen molar-refractivity contribution in [2.75, 3.05) is 39.4 Å². The SMILES string of the molecule is CCNC(=NCc1ccc(C)cc1OCC1CCCO1)NCCC(=O)N1CCCC1.I. The first kappa shape index (κ1) is 25.7. The zero-order valence-corrected chi connectivity index (χ0v) is 21.2. The van der Waals surface area contributed by atoms with Gasteiger partial charge >= 0.3 is 0 Å². The van der Waals surface area contributed by atoms with Crippen LogP contribution in [0.4, 0.5) is 0 Å². The summed E-state index contributed by atoms with van der Waals surface area (Å²) in [6, 6.07) is 6.22. The van der Waals surface area contributed by atoms with E-state index in [1.54, 1.807) is 0 Å². The number of carbonyl (C=O) groups excluding carboxylic acids is 1. The number of ether oxygens (including phenoxy) is 2. The molecule has 1 unspecified atom stereocenters. The standard InChI is InChI=1S/C23H36N4O3.HI/c1-3-24-23(25-11-10-22(28)27-12-4-5-13-27)26-16-19-9-8-18(2)15-21(19)30-17-20-7-6-14-29-20;/h8-9,15,20H,3-7,10-14,16-17H2,1-2H3,(H2,24,25,26);1H. The molecule has 2 fully saturated rings. The maximum absolute atomic E-state index is 12.2. The van der Waals surface area contributed by atoms with Crippen molar-refractivity contribution in [1.29, 1.82) is 0 Å². The first-order chi connectivity index (χ1) is 14.7. The van der Waals surface area contributed by atoms with Gasteiger partial charge in [-0.15, -0.1) is 24.0 Å². The van der Waals surface area contributed by atoms with Gasteiger partial charge < -0.3 is 25.0 Å². The summed E-state index contributed by atoms with van der Waals surface area (Å²) in [7, 11) is 0. The Morgan fingerprint density at radius 1 is 1.26 bits per heavy atom. The molecule has 0 bridgehead atoms. The van der Waals surface area contributed by atoms with E-state index in [1.807, 2.05) is 11.8 Å². The highest BCUT2D eigenvalue weighted by Gasteiger charge is 2.18. The van der Waals surface area contributed by atoms with Crippen LogP contribution >= 0.6 is 24.0 Å². The molecule has 2 saturated heterocycles. The van der Waals surface area contributed by atoms with Crippen LogP contribution in [0.15, 0.2) is 23.2 Å². The van der Waals surface area contributed by atoms with Crippen LogP contribution in [0.25, 0.3) is 0 Å². The fourth-order valence-corrected chi connectivity index (χ4v) is 3.80. The third-order valence-electron chi connectivity index (χ3n) is 5.51. The lowest BCUT2D eigenvalue weighted by Crippen LogP contribution is -2.39. The zero-order chi connectivity index (χ0) is 21.2. The second-order valence-corrected chi connectivity index (χ2v) is 8.02. The van der Waals surface area contributed by atoms with E-state index in [1.165, 1.54) is 0 Å². The molecule has 8 heteroatoms. The molecule has 0 aromatic heterocycles. The monoisotopic (exact) mass is 544 g/mol. The van der Waals surface area contributed by atoms with E-state index in [0.29, 0.717) is 26.1 Å². The molecule has 7 nitrogen and oxygen atoms in total. The Hall–Kier alpha value is -1.55. The van der Waals surface area contributed by atoms with Crippen LogP contribution in [0, 0.1) is 6.92 Å². The minimum absolute atomic E-state index is 0. The van der Waals surface area contributed by atoms with Crippen molar-refractivity contribution in [2.24, 2.45) is 4.99 Å². The van der Waals surface area contributed by atoms with E-state index in [-0.39, 0.29) is 36.0 Å². The number of guanidine groups is 1. The largest absolute Gasteiger partial charge is 0.491 e. The van der Waals surface area contributed by atoms with Gasteiger partial charge in [0.2, 0.25) is 5.91 Å². The van der Waals surface area contributed by atoms with E-state index in [0.717, 1.165) is 74.8 Å². The first-order valence-corrected chi connectivity index (χ1v) is 11.3. The number of aliphatic imine (C=N–C) groups is 1. The molecular weight excluding hydrogens is 507 g/mol. The Balaban J connectivity index is 0.00000341. The number of rotatable bonds is 9. The van der Waals surface area contributed by atoms with Gasteiger partial charge in [-0.3, -0.25) is 4.79 Å². The van der Waals surface area contributed by atoms with E-state index >= 15 is 0 Å². The molecule has 1 aromatic carbocycles. The lowest BCUT2D eigenvalue weighted by Gasteiger charge is -2.17. The number of benzene rings is 1. The number of nitrogens with one attached hydrogen (secondary N) is 2. The lowest BCUT2D eigenvalue weighted by molar-refractivity contribution is -0.129. The second-order valence-electron chi connectivity index (χ2n) is 8.02. The van der Waals surface area contributed by atoms with Gasteiger partial charge in [0.15, 0.2) is 5.96 Å². The fourth-order valence-electron chi connectivity index (χ4n) is 3.80. The zero-order valence-electron chi connectivity index (χ0n) is 18.8. The summed E-state index contributed by atoms with van der Waals surface area (Å²) in [5.41, 5.74) is 2.21. The second kappa shape index (κ2) is 13.8. The van der Waals surface area contributed by atoms with Crippen LogP contribution in [0.5, 0.6) is 5.75 Å². The van der Waals surface area contributed by atoms with Crippen molar-refractivity contribution in [2.45, 2.75) is 58.6 Å². The average molecular weight is 544 g/mol. The molecule has 1 amide bonds. The van der Waals surface area contributed by atoms with Crippen LogP contribution in [-0.4, -0.2) is 62.3 Å². The van der Waals surface area contributed by atoms with Crippen molar-refractivity contribution >= 4 is 35.8 Å². The molecule has 1 aromatic rings. The minimum atomic E-state index is 0. The molecular formula is C23H37IN4O3. The normalized spacial score (nSPS) is 18.6. The maximum Gasteiger partial charge on any atom is 0.224 e. The van der Waals surface area contributed by atoms with Crippen molar-refractivity contribution in [1.82, 2.24) is 15.5 Å². The van der Waals surface area contributed by atoms with Crippen LogP contribution in [-0.2, 0) is 16.1 Å². The maximum atomic E-state index is 12.2. The average Bonchev–Trinajstić information content (AvgIpc) is 3.45. The quantitative estimate of drug-likeness (QED) is 0.284. The van der Waals surface area contributed by atoms with E-state index in [4.69, 9.17) is 14.5 Å². The highest BCUT2D eigenvalue weighted by Crippen LogP contribution is 2.23. The molecule has 2 aliphatic heterocycles. The minimum Gasteiger partial charge on any atom is -0.491 e. The third-order valence-corrected chi connectivity index (χ3v) is 5.51. The Labute approximate surface area is 203 Å². The number of halogens is 1. The molecule has 2 N–H and O–H groups in total. The third kappa shape index (κ3) is 8.48. The van der Waals surface area contributed by atoms with Crippen molar-refractivity contribution in [3.05, 3.63) is 29.3 Å². The van der Waals surface area contributed by atoms with Crippen LogP contribution in [0.2, 0.25) is 0 Å². The van der Waals surface area contributed by atoms with Gasteiger partial charge in [-0.1, -0.05) is 12.1 Å².